The Morgan fingerprint density at radius 2 is 2.23 bits per heavy atom. The number of nitrogens with zero attached hydrogens (tertiary/aromatic N) is 1. The van der Waals surface area contributed by atoms with Gasteiger partial charge in [0.2, 0.25) is 0 Å². The average molecular weight is 190 g/mol. The van der Waals surface area contributed by atoms with E-state index >= 15 is 0 Å². The highest BCUT2D eigenvalue weighted by molar-refractivity contribution is 5.35. The molecule has 0 fully saturated rings. The first-order valence-corrected chi connectivity index (χ1v) is 2.91. The summed E-state index contributed by atoms with van der Waals surface area (Å²) in [6.45, 7) is 0.153. The minimum Gasteiger partial charge on any atom is -0.383 e. The Kier molecular flexibility index (Phi) is 4.81. The quantitative estimate of drug-likeness (QED) is 0.366. The van der Waals surface area contributed by atoms with Crippen molar-refractivity contribution in [2.24, 2.45) is 5.90 Å². The molecule has 0 aromatic carbocycles. The van der Waals surface area contributed by atoms with E-state index in [1.54, 1.807) is 0 Å². The predicted octanol–water partition coefficient (Wildman–Crippen LogP) is -1.48. The molecule has 13 heavy (non-hydrogen) atoms. The van der Waals surface area contributed by atoms with E-state index in [4.69, 9.17) is 10.5 Å². The summed E-state index contributed by atoms with van der Waals surface area (Å²) >= 11 is 0. The highest BCUT2D eigenvalue weighted by Crippen LogP contribution is 1.96. The topological polar surface area (TPSA) is 124 Å². The molecule has 8 heteroatoms. The van der Waals surface area contributed by atoms with Crippen molar-refractivity contribution in [3.63, 3.8) is 0 Å². The Morgan fingerprint density at radius 3 is 2.54 bits per heavy atom. The number of aromatic amines is 1. The van der Waals surface area contributed by atoms with Gasteiger partial charge in [0.15, 0.2) is 5.82 Å². The van der Waals surface area contributed by atoms with Crippen LogP contribution >= 0.6 is 0 Å². The summed E-state index contributed by atoms with van der Waals surface area (Å²) in [4.78, 5) is 27.5. The lowest BCUT2D eigenvalue weighted by atomic mass is 10.6. The maximum absolute atomic E-state index is 12.1. The molecule has 1 rings (SSSR count). The van der Waals surface area contributed by atoms with Crippen LogP contribution in [0.3, 0.4) is 0 Å². The molecule has 0 saturated heterocycles. The number of rotatable bonds is 1. The number of nitrogens with one attached hydrogen (secondary N) is 1. The number of H-pyrrole nitrogens is 1. The highest BCUT2D eigenvalue weighted by atomic mass is 19.1. The van der Waals surface area contributed by atoms with Gasteiger partial charge in [-0.3, -0.25) is 9.78 Å². The molecule has 0 atom stereocenters. The van der Waals surface area contributed by atoms with Gasteiger partial charge >= 0.3 is 12.2 Å². The smallest absolute Gasteiger partial charge is 0.346 e. The first-order valence-electron chi connectivity index (χ1n) is 2.91. The van der Waals surface area contributed by atoms with E-state index in [0.717, 1.165) is 6.20 Å². The number of carbonyl (C=O) groups is 1. The molecule has 0 spiro atoms. The lowest BCUT2D eigenvalue weighted by Gasteiger charge is -1.89. The van der Waals surface area contributed by atoms with Crippen molar-refractivity contribution in [2.45, 2.75) is 0 Å². The van der Waals surface area contributed by atoms with E-state index in [1.165, 1.54) is 0 Å². The number of carbonyl (C=O) groups excluding carboxylic acids is 1. The van der Waals surface area contributed by atoms with Crippen LogP contribution in [0.5, 0.6) is 0 Å². The molecule has 0 radical (unpaired) electrons. The predicted molar refractivity (Wildman–Crippen MR) is 40.6 cm³/mol. The summed E-state index contributed by atoms with van der Waals surface area (Å²) in [5, 5.41) is 0. The van der Waals surface area contributed by atoms with Crippen LogP contribution in [-0.4, -0.2) is 16.4 Å². The van der Waals surface area contributed by atoms with E-state index in [2.05, 4.69) is 15.7 Å². The Bertz CT molecular complexity index is 326. The number of nitrogens with two attached hydrogens (primary N) is 2. The van der Waals surface area contributed by atoms with Crippen molar-refractivity contribution in [3.8, 4) is 0 Å². The average Bonchev–Trinajstić information content (AvgIpc) is 2.12. The molecule has 0 unspecified atom stereocenters. The van der Waals surface area contributed by atoms with Gasteiger partial charge in [0.25, 0.3) is 0 Å². The van der Waals surface area contributed by atoms with Crippen LogP contribution in [0, 0.1) is 5.82 Å². The Balaban J connectivity index is 0.000000310. The van der Waals surface area contributed by atoms with Crippen LogP contribution in [-0.2, 0) is 9.63 Å². The third kappa shape index (κ3) is 4.48. The van der Waals surface area contributed by atoms with Crippen molar-refractivity contribution in [1.82, 2.24) is 9.97 Å². The molecule has 0 bridgehead atoms. The summed E-state index contributed by atoms with van der Waals surface area (Å²) in [7, 11) is 0. The summed E-state index contributed by atoms with van der Waals surface area (Å²) in [6, 6.07) is 0. The summed E-state index contributed by atoms with van der Waals surface area (Å²) in [5.41, 5.74) is 4.31. The van der Waals surface area contributed by atoms with E-state index in [-0.39, 0.29) is 12.3 Å². The molecule has 1 heterocycles. The zero-order valence-electron chi connectivity index (χ0n) is 6.36. The van der Waals surface area contributed by atoms with Gasteiger partial charge in [0.1, 0.15) is 5.82 Å². The molecular weight excluding hydrogens is 183 g/mol. The standard InChI is InChI=1S/C4H4FN3O.CH3NO2/c5-2-1-7-4(9)8-3(2)6;2-4-1-3/h1H,(H3,6,7,8,9);1H,2H2. The SMILES string of the molecule is NOC=O.Nc1[nH]c(=O)ncc1F. The molecule has 0 aliphatic rings. The Morgan fingerprint density at radius 1 is 1.69 bits per heavy atom. The molecule has 1 aromatic heterocycles. The number of nitrogen functional groups attached to an aromatic ring is 1. The minimum absolute atomic E-state index is 0.153. The number of anilines is 1. The minimum atomic E-state index is -0.713. The van der Waals surface area contributed by atoms with Crippen LogP contribution in [0.25, 0.3) is 0 Å². The van der Waals surface area contributed by atoms with Gasteiger partial charge in [-0.15, -0.1) is 0 Å². The van der Waals surface area contributed by atoms with Crippen molar-refractivity contribution < 1.29 is 14.0 Å². The molecule has 0 amide bonds. The van der Waals surface area contributed by atoms with Crippen LogP contribution in [0.15, 0.2) is 11.0 Å². The number of hydrogen-bond acceptors (Lipinski definition) is 6. The van der Waals surface area contributed by atoms with Crippen molar-refractivity contribution in [3.05, 3.63) is 22.5 Å². The highest BCUT2D eigenvalue weighted by Gasteiger charge is 1.95. The lowest BCUT2D eigenvalue weighted by molar-refractivity contribution is -0.129. The summed E-state index contributed by atoms with van der Waals surface area (Å²) in [6.07, 6.45) is 0.772. The number of aromatic nitrogens is 2. The molecule has 72 valence electrons. The normalized spacial score (nSPS) is 8.15. The van der Waals surface area contributed by atoms with Gasteiger partial charge in [-0.25, -0.2) is 9.18 Å². The third-order valence-electron chi connectivity index (χ3n) is 0.850. The van der Waals surface area contributed by atoms with E-state index in [0.29, 0.717) is 0 Å². The second-order valence-corrected chi connectivity index (χ2v) is 1.68. The second kappa shape index (κ2) is 5.66. The van der Waals surface area contributed by atoms with E-state index in [1.807, 2.05) is 4.98 Å². The van der Waals surface area contributed by atoms with Gasteiger partial charge in [0, 0.05) is 0 Å². The molecule has 5 N–H and O–H groups in total. The first-order chi connectivity index (χ1) is 6.11. The van der Waals surface area contributed by atoms with Gasteiger partial charge in [0.05, 0.1) is 6.20 Å². The van der Waals surface area contributed by atoms with Gasteiger partial charge < -0.3 is 10.6 Å². The Hall–Kier alpha value is -1.96. The molecule has 7 nitrogen and oxygen atoms in total. The van der Waals surface area contributed by atoms with Gasteiger partial charge in [-0.2, -0.15) is 10.9 Å². The van der Waals surface area contributed by atoms with Crippen LogP contribution in [0.4, 0.5) is 10.2 Å². The number of hydrogen-bond donors (Lipinski definition) is 3. The fraction of sp³-hybridized carbons (Fsp3) is 0. The summed E-state index contributed by atoms with van der Waals surface area (Å²) < 4.78 is 12.1. The molecule has 0 aliphatic carbocycles. The first kappa shape index (κ1) is 11.0. The van der Waals surface area contributed by atoms with Crippen LogP contribution < -0.4 is 17.3 Å². The molecular formula is C5H7FN4O3. The van der Waals surface area contributed by atoms with Gasteiger partial charge in [-0.05, 0) is 0 Å². The fourth-order valence-electron chi connectivity index (χ4n) is 0.392. The van der Waals surface area contributed by atoms with E-state index in [9.17, 15) is 9.18 Å². The monoisotopic (exact) mass is 190 g/mol. The number of halogens is 1. The lowest BCUT2D eigenvalue weighted by Crippen LogP contribution is -2.12. The van der Waals surface area contributed by atoms with E-state index < -0.39 is 11.5 Å². The van der Waals surface area contributed by atoms with Crippen LogP contribution in [0.1, 0.15) is 0 Å². The fourth-order valence-corrected chi connectivity index (χ4v) is 0.392. The van der Waals surface area contributed by atoms with Gasteiger partial charge in [-0.1, -0.05) is 0 Å². The second-order valence-electron chi connectivity index (χ2n) is 1.68. The zero-order valence-corrected chi connectivity index (χ0v) is 6.36. The molecule has 0 aliphatic heterocycles. The maximum atomic E-state index is 12.1. The van der Waals surface area contributed by atoms with Crippen molar-refractivity contribution in [1.29, 1.82) is 0 Å². The van der Waals surface area contributed by atoms with Crippen molar-refractivity contribution >= 4 is 12.3 Å². The molecule has 0 saturated carbocycles. The third-order valence-corrected chi connectivity index (χ3v) is 0.850. The Labute approximate surface area is 71.5 Å². The molecule has 1 aromatic rings. The summed E-state index contributed by atoms with van der Waals surface area (Å²) in [5.74, 6) is 3.16. The zero-order chi connectivity index (χ0) is 10.3. The largest absolute Gasteiger partial charge is 0.383 e. The maximum Gasteiger partial charge on any atom is 0.346 e. The van der Waals surface area contributed by atoms with Crippen molar-refractivity contribution in [2.75, 3.05) is 5.73 Å². The van der Waals surface area contributed by atoms with Crippen LogP contribution in [0.2, 0.25) is 0 Å².